The van der Waals surface area contributed by atoms with Gasteiger partial charge in [-0.15, -0.1) is 0 Å². The lowest BCUT2D eigenvalue weighted by molar-refractivity contribution is -0.0109. The molecular formula is C17H19FN2O4. The summed E-state index contributed by atoms with van der Waals surface area (Å²) in [4.78, 5) is 25.8. The van der Waals surface area contributed by atoms with Gasteiger partial charge in [-0.1, -0.05) is 0 Å². The minimum atomic E-state index is -0.581. The van der Waals surface area contributed by atoms with Gasteiger partial charge in [-0.3, -0.25) is 9.78 Å². The highest BCUT2D eigenvalue weighted by atomic mass is 19.1. The molecule has 0 radical (unpaired) electrons. The van der Waals surface area contributed by atoms with Gasteiger partial charge in [0.2, 0.25) is 0 Å². The number of hydrogen-bond donors (Lipinski definition) is 1. The monoisotopic (exact) mass is 334 g/mol. The van der Waals surface area contributed by atoms with Crippen molar-refractivity contribution in [2.45, 2.75) is 25.4 Å². The molecule has 0 spiro atoms. The second kappa shape index (κ2) is 7.00. The molecular weight excluding hydrogens is 315 g/mol. The molecule has 1 aromatic carbocycles. The van der Waals surface area contributed by atoms with Crippen molar-refractivity contribution in [1.82, 2.24) is 9.55 Å². The van der Waals surface area contributed by atoms with E-state index in [1.165, 1.54) is 36.0 Å². The Kier molecular flexibility index (Phi) is 4.80. The van der Waals surface area contributed by atoms with Crippen LogP contribution in [0.4, 0.5) is 4.39 Å². The van der Waals surface area contributed by atoms with Crippen molar-refractivity contribution in [3.63, 3.8) is 0 Å². The molecule has 0 amide bonds. The van der Waals surface area contributed by atoms with Crippen LogP contribution >= 0.6 is 0 Å². The average Bonchev–Trinajstić information content (AvgIpc) is 2.58. The maximum Gasteiger partial charge on any atom is 0.328 e. The number of aromatic amines is 1. The summed E-state index contributed by atoms with van der Waals surface area (Å²) in [6.07, 6.45) is 4.42. The van der Waals surface area contributed by atoms with Crippen molar-refractivity contribution in [2.75, 3.05) is 13.2 Å². The molecule has 1 N–H and O–H groups in total. The smallest absolute Gasteiger partial charge is 0.328 e. The fourth-order valence-electron chi connectivity index (χ4n) is 2.72. The van der Waals surface area contributed by atoms with Crippen molar-refractivity contribution < 1.29 is 13.9 Å². The van der Waals surface area contributed by atoms with Crippen LogP contribution in [-0.4, -0.2) is 28.9 Å². The Morgan fingerprint density at radius 2 is 2.17 bits per heavy atom. The lowest BCUT2D eigenvalue weighted by Crippen LogP contribution is -2.29. The molecule has 1 aliphatic rings. The zero-order valence-electron chi connectivity index (χ0n) is 13.4. The van der Waals surface area contributed by atoms with E-state index in [1.54, 1.807) is 0 Å². The molecule has 0 bridgehead atoms. The third-order valence-corrected chi connectivity index (χ3v) is 4.04. The molecule has 1 saturated heterocycles. The molecule has 1 atom stereocenters. The lowest BCUT2D eigenvalue weighted by Gasteiger charge is -2.23. The summed E-state index contributed by atoms with van der Waals surface area (Å²) in [5.74, 6) is -0.103. The fourth-order valence-corrected chi connectivity index (χ4v) is 2.72. The van der Waals surface area contributed by atoms with Gasteiger partial charge in [-0.2, -0.15) is 0 Å². The highest BCUT2D eigenvalue weighted by molar-refractivity contribution is 5.69. The number of nitrogens with zero attached hydrogens (tertiary/aromatic N) is 1. The summed E-state index contributed by atoms with van der Waals surface area (Å²) >= 11 is 0. The largest absolute Gasteiger partial charge is 0.490 e. The van der Waals surface area contributed by atoms with Gasteiger partial charge in [0, 0.05) is 25.4 Å². The Hall–Kier alpha value is -2.41. The van der Waals surface area contributed by atoms with Crippen LogP contribution in [0.3, 0.4) is 0 Å². The normalized spacial score (nSPS) is 17.7. The van der Waals surface area contributed by atoms with Crippen LogP contribution < -0.4 is 16.0 Å². The molecule has 6 nitrogen and oxygen atoms in total. The summed E-state index contributed by atoms with van der Waals surface area (Å²) in [5.41, 5.74) is -0.625. The maximum absolute atomic E-state index is 13.7. The molecule has 0 saturated carbocycles. The van der Waals surface area contributed by atoms with E-state index in [0.717, 1.165) is 19.3 Å². The summed E-state index contributed by atoms with van der Waals surface area (Å²) in [7, 11) is 1.51. The van der Waals surface area contributed by atoms with E-state index in [-0.39, 0.29) is 11.7 Å². The molecule has 24 heavy (non-hydrogen) atoms. The van der Waals surface area contributed by atoms with E-state index >= 15 is 0 Å². The molecule has 3 rings (SSSR count). The third kappa shape index (κ3) is 3.56. The quantitative estimate of drug-likeness (QED) is 0.926. The van der Waals surface area contributed by atoms with Crippen LogP contribution in [0, 0.1) is 5.82 Å². The van der Waals surface area contributed by atoms with E-state index in [2.05, 4.69) is 4.98 Å². The van der Waals surface area contributed by atoms with Gasteiger partial charge in [0.25, 0.3) is 5.56 Å². The first-order chi connectivity index (χ1) is 11.5. The van der Waals surface area contributed by atoms with E-state index in [9.17, 15) is 14.0 Å². The number of benzene rings is 1. The molecule has 2 heterocycles. The Morgan fingerprint density at radius 1 is 1.33 bits per heavy atom. The van der Waals surface area contributed by atoms with E-state index < -0.39 is 17.1 Å². The summed E-state index contributed by atoms with van der Waals surface area (Å²) in [5, 5.41) is 0. The van der Waals surface area contributed by atoms with Crippen LogP contribution in [0.15, 0.2) is 34.0 Å². The topological polar surface area (TPSA) is 73.3 Å². The fraction of sp³-hybridized carbons (Fsp3) is 0.412. The summed E-state index contributed by atoms with van der Waals surface area (Å²) in [6.45, 7) is 1.05. The van der Waals surface area contributed by atoms with Gasteiger partial charge in [0.15, 0.2) is 0 Å². The molecule has 0 aliphatic carbocycles. The molecule has 128 valence electrons. The number of hydrogen-bond acceptors (Lipinski definition) is 4. The van der Waals surface area contributed by atoms with E-state index in [4.69, 9.17) is 9.47 Å². The van der Waals surface area contributed by atoms with Gasteiger partial charge in [-0.05, 0) is 37.5 Å². The number of ether oxygens (including phenoxy) is 2. The first-order valence-electron chi connectivity index (χ1n) is 7.89. The standard InChI is InChI=1S/C17H19FN2O4/c1-20-9-14(16(21)19-17(20)22)13-8-11(18)5-6-15(13)24-10-12-4-2-3-7-23-12/h5-6,8-9,12H,2-4,7,10H2,1H3,(H,19,21,22). The Morgan fingerprint density at radius 3 is 2.92 bits per heavy atom. The predicted molar refractivity (Wildman–Crippen MR) is 86.8 cm³/mol. The van der Waals surface area contributed by atoms with E-state index in [0.29, 0.717) is 24.5 Å². The number of aryl methyl sites for hydroxylation is 1. The van der Waals surface area contributed by atoms with Crippen LogP contribution in [0.2, 0.25) is 0 Å². The lowest BCUT2D eigenvalue weighted by atomic mass is 10.1. The number of H-pyrrole nitrogens is 1. The molecule has 1 fully saturated rings. The van der Waals surface area contributed by atoms with Gasteiger partial charge in [0.05, 0.1) is 11.7 Å². The van der Waals surface area contributed by atoms with Crippen LogP contribution in [0.5, 0.6) is 5.75 Å². The van der Waals surface area contributed by atoms with Crippen molar-refractivity contribution >= 4 is 0 Å². The zero-order chi connectivity index (χ0) is 17.1. The minimum absolute atomic E-state index is 0.00457. The second-order valence-electron chi connectivity index (χ2n) is 5.85. The number of halogens is 1. The molecule has 1 unspecified atom stereocenters. The number of rotatable bonds is 4. The van der Waals surface area contributed by atoms with Crippen molar-refractivity contribution in [3.8, 4) is 16.9 Å². The minimum Gasteiger partial charge on any atom is -0.490 e. The predicted octanol–water partition coefficient (Wildman–Crippen LogP) is 1.83. The Labute approximate surface area is 137 Å². The van der Waals surface area contributed by atoms with Crippen molar-refractivity contribution in [1.29, 1.82) is 0 Å². The highest BCUT2D eigenvalue weighted by Crippen LogP contribution is 2.29. The third-order valence-electron chi connectivity index (χ3n) is 4.04. The van der Waals surface area contributed by atoms with Crippen molar-refractivity contribution in [3.05, 3.63) is 51.1 Å². The molecule has 7 heteroatoms. The van der Waals surface area contributed by atoms with Crippen LogP contribution in [-0.2, 0) is 11.8 Å². The van der Waals surface area contributed by atoms with Crippen molar-refractivity contribution in [2.24, 2.45) is 7.05 Å². The number of aromatic nitrogens is 2. The Bertz CT molecular complexity index is 837. The average molecular weight is 334 g/mol. The SMILES string of the molecule is Cn1cc(-c2cc(F)ccc2OCC2CCCCO2)c(=O)[nH]c1=O. The maximum atomic E-state index is 13.7. The molecule has 1 aromatic heterocycles. The van der Waals surface area contributed by atoms with Gasteiger partial charge in [-0.25, -0.2) is 9.18 Å². The van der Waals surface area contributed by atoms with Crippen LogP contribution in [0.1, 0.15) is 19.3 Å². The number of nitrogens with one attached hydrogen (secondary N) is 1. The first-order valence-corrected chi connectivity index (χ1v) is 7.89. The first kappa shape index (κ1) is 16.4. The van der Waals surface area contributed by atoms with E-state index in [1.807, 2.05) is 0 Å². The van der Waals surface area contributed by atoms with Gasteiger partial charge < -0.3 is 14.0 Å². The van der Waals surface area contributed by atoms with Gasteiger partial charge in [0.1, 0.15) is 18.2 Å². The molecule has 2 aromatic rings. The summed E-state index contributed by atoms with van der Waals surface area (Å²) < 4.78 is 26.3. The zero-order valence-corrected chi connectivity index (χ0v) is 13.4. The summed E-state index contributed by atoms with van der Waals surface area (Å²) in [6, 6.07) is 3.99. The molecule has 1 aliphatic heterocycles. The van der Waals surface area contributed by atoms with Gasteiger partial charge >= 0.3 is 5.69 Å². The second-order valence-corrected chi connectivity index (χ2v) is 5.85. The highest BCUT2D eigenvalue weighted by Gasteiger charge is 2.17. The Balaban J connectivity index is 1.92. The van der Waals surface area contributed by atoms with Crippen LogP contribution in [0.25, 0.3) is 11.1 Å².